The summed E-state index contributed by atoms with van der Waals surface area (Å²) in [5, 5.41) is 11.1. The van der Waals surface area contributed by atoms with Crippen molar-refractivity contribution in [3.8, 4) is 6.07 Å². The smallest absolute Gasteiger partial charge is 0.417 e. The Labute approximate surface area is 183 Å². The first-order chi connectivity index (χ1) is 14.3. The molecular weight excluding hydrogens is 437 g/mol. The van der Waals surface area contributed by atoms with Crippen LogP contribution >= 0.6 is 11.6 Å². The number of ether oxygens (including phenoxy) is 1. The van der Waals surface area contributed by atoms with Gasteiger partial charge in [-0.15, -0.1) is 0 Å². The second-order valence-corrected chi connectivity index (χ2v) is 8.21. The van der Waals surface area contributed by atoms with Crippen molar-refractivity contribution in [2.75, 3.05) is 31.5 Å². The van der Waals surface area contributed by atoms with Gasteiger partial charge in [0.2, 0.25) is 0 Å². The minimum absolute atomic E-state index is 0.141. The molecule has 2 amide bonds. The van der Waals surface area contributed by atoms with Crippen LogP contribution in [0.25, 0.3) is 0 Å². The summed E-state index contributed by atoms with van der Waals surface area (Å²) >= 11 is 5.57. The van der Waals surface area contributed by atoms with E-state index in [1.807, 2.05) is 0 Å². The Morgan fingerprint density at radius 2 is 1.81 bits per heavy atom. The first-order valence-corrected chi connectivity index (χ1v) is 9.70. The number of nitrogens with zero attached hydrogens (tertiary/aromatic N) is 3. The first kappa shape index (κ1) is 24.3. The molecule has 168 valence electrons. The van der Waals surface area contributed by atoms with Crippen molar-refractivity contribution in [2.24, 2.45) is 0 Å². The summed E-state index contributed by atoms with van der Waals surface area (Å²) in [6.07, 6.45) is -3.81. The summed E-state index contributed by atoms with van der Waals surface area (Å²) < 4.78 is 44.2. The molecule has 0 unspecified atom stereocenters. The Balaban J connectivity index is 2.03. The molecule has 1 aromatic rings. The highest BCUT2D eigenvalue weighted by Crippen LogP contribution is 2.36. The molecule has 1 fully saturated rings. The van der Waals surface area contributed by atoms with Crippen LogP contribution in [-0.2, 0) is 15.7 Å². The summed E-state index contributed by atoms with van der Waals surface area (Å²) in [7, 11) is 0. The fourth-order valence-electron chi connectivity index (χ4n) is 2.70. The second-order valence-electron chi connectivity index (χ2n) is 7.80. The maximum absolute atomic E-state index is 13.0. The third-order valence-electron chi connectivity index (χ3n) is 4.17. The number of nitrogens with one attached hydrogen (secondary N) is 1. The van der Waals surface area contributed by atoms with Gasteiger partial charge >= 0.3 is 12.3 Å². The lowest BCUT2D eigenvalue weighted by molar-refractivity contribution is -0.137. The summed E-state index contributed by atoms with van der Waals surface area (Å²) in [4.78, 5) is 27.7. The Morgan fingerprint density at radius 3 is 2.32 bits per heavy atom. The number of piperazine rings is 1. The highest BCUT2D eigenvalue weighted by Gasteiger charge is 2.33. The molecule has 0 aromatic heterocycles. The van der Waals surface area contributed by atoms with Crippen LogP contribution in [-0.4, -0.2) is 53.6 Å². The second kappa shape index (κ2) is 9.47. The highest BCUT2D eigenvalue weighted by atomic mass is 35.5. The predicted molar refractivity (Wildman–Crippen MR) is 108 cm³/mol. The molecule has 0 atom stereocenters. The lowest BCUT2D eigenvalue weighted by atomic mass is 10.2. The van der Waals surface area contributed by atoms with Crippen molar-refractivity contribution < 1.29 is 27.5 Å². The Bertz CT molecular complexity index is 912. The van der Waals surface area contributed by atoms with Gasteiger partial charge in [0, 0.05) is 38.1 Å². The predicted octanol–water partition coefficient (Wildman–Crippen LogP) is 4.26. The van der Waals surface area contributed by atoms with Gasteiger partial charge in [-0.25, -0.2) is 4.79 Å². The lowest BCUT2D eigenvalue weighted by Gasteiger charge is -2.35. The maximum Gasteiger partial charge on any atom is 0.417 e. The van der Waals surface area contributed by atoms with Gasteiger partial charge in [0.15, 0.2) is 0 Å². The average Bonchev–Trinajstić information content (AvgIpc) is 2.65. The Kier molecular flexibility index (Phi) is 7.44. The van der Waals surface area contributed by atoms with Crippen LogP contribution in [0.4, 0.5) is 23.7 Å². The summed E-state index contributed by atoms with van der Waals surface area (Å²) in [5.74, 6) is -0.854. The van der Waals surface area contributed by atoms with Crippen molar-refractivity contribution in [1.82, 2.24) is 9.80 Å². The van der Waals surface area contributed by atoms with Gasteiger partial charge in [0.25, 0.3) is 5.91 Å². The number of nitriles is 1. The number of alkyl halides is 3. The van der Waals surface area contributed by atoms with Crippen molar-refractivity contribution in [2.45, 2.75) is 32.5 Å². The van der Waals surface area contributed by atoms with Gasteiger partial charge < -0.3 is 19.9 Å². The summed E-state index contributed by atoms with van der Waals surface area (Å²) in [5.41, 5.74) is -2.13. The monoisotopic (exact) mass is 458 g/mol. The average molecular weight is 459 g/mol. The fraction of sp³-hybridized carbons (Fsp3) is 0.450. The molecule has 0 aliphatic carbocycles. The van der Waals surface area contributed by atoms with Crippen molar-refractivity contribution in [1.29, 1.82) is 5.26 Å². The first-order valence-electron chi connectivity index (χ1n) is 9.32. The van der Waals surface area contributed by atoms with Crippen LogP contribution in [0.1, 0.15) is 26.3 Å². The fourth-order valence-corrected chi connectivity index (χ4v) is 2.92. The molecule has 1 aliphatic heterocycles. The molecule has 1 saturated heterocycles. The van der Waals surface area contributed by atoms with Crippen LogP contribution in [0.5, 0.6) is 0 Å². The van der Waals surface area contributed by atoms with E-state index in [0.717, 1.165) is 6.07 Å². The van der Waals surface area contributed by atoms with Crippen LogP contribution in [0.3, 0.4) is 0 Å². The molecule has 31 heavy (non-hydrogen) atoms. The van der Waals surface area contributed by atoms with Crippen molar-refractivity contribution >= 4 is 29.3 Å². The van der Waals surface area contributed by atoms with Gasteiger partial charge in [-0.1, -0.05) is 11.6 Å². The van der Waals surface area contributed by atoms with E-state index in [4.69, 9.17) is 16.3 Å². The van der Waals surface area contributed by atoms with Gasteiger partial charge in [-0.2, -0.15) is 18.4 Å². The van der Waals surface area contributed by atoms with Gasteiger partial charge in [-0.05, 0) is 39.0 Å². The number of rotatable bonds is 3. The Morgan fingerprint density at radius 1 is 1.19 bits per heavy atom. The molecule has 11 heteroatoms. The van der Waals surface area contributed by atoms with Gasteiger partial charge in [-0.3, -0.25) is 4.79 Å². The van der Waals surface area contributed by atoms with E-state index in [1.165, 1.54) is 17.2 Å². The van der Waals surface area contributed by atoms with Crippen LogP contribution in [0, 0.1) is 11.3 Å². The topological polar surface area (TPSA) is 85.7 Å². The summed E-state index contributed by atoms with van der Waals surface area (Å²) in [6.45, 7) is 6.67. The number of hydrogen-bond donors (Lipinski definition) is 1. The van der Waals surface area contributed by atoms with E-state index in [2.05, 4.69) is 5.32 Å². The number of amides is 2. The number of anilines is 1. The molecule has 2 rings (SSSR count). The van der Waals surface area contributed by atoms with Crippen LogP contribution < -0.4 is 5.32 Å². The van der Waals surface area contributed by atoms with E-state index in [0.29, 0.717) is 32.2 Å². The van der Waals surface area contributed by atoms with E-state index in [1.54, 1.807) is 31.7 Å². The van der Waals surface area contributed by atoms with E-state index < -0.39 is 34.4 Å². The van der Waals surface area contributed by atoms with Gasteiger partial charge in [0.05, 0.1) is 10.6 Å². The maximum atomic E-state index is 13.0. The molecule has 0 spiro atoms. The number of benzene rings is 1. The molecule has 0 saturated carbocycles. The molecule has 1 aromatic carbocycles. The molecule has 1 N–H and O–H groups in total. The molecule has 0 bridgehead atoms. The standard InChI is InChI=1S/C20H22ClF3N4O3/c1-19(2,3)31-18(30)28-8-6-27(7-9-28)12-13(11-25)17(29)26-14-4-5-16(21)15(10-14)20(22,23)24/h4-5,10,12H,6-9H2,1-3H3,(H,26,29)/b13-12-. The third kappa shape index (κ3) is 7.07. The van der Waals surface area contributed by atoms with E-state index in [9.17, 15) is 28.0 Å². The van der Waals surface area contributed by atoms with E-state index >= 15 is 0 Å². The zero-order chi connectivity index (χ0) is 23.4. The van der Waals surface area contributed by atoms with E-state index in [-0.39, 0.29) is 11.3 Å². The molecule has 1 aliphatic rings. The number of halogens is 4. The summed E-state index contributed by atoms with van der Waals surface area (Å²) in [6, 6.07) is 4.68. The number of hydrogen-bond acceptors (Lipinski definition) is 5. The molecule has 7 nitrogen and oxygen atoms in total. The van der Waals surface area contributed by atoms with Gasteiger partial charge in [0.1, 0.15) is 17.2 Å². The van der Waals surface area contributed by atoms with Crippen molar-refractivity contribution in [3.63, 3.8) is 0 Å². The largest absolute Gasteiger partial charge is 0.444 e. The van der Waals surface area contributed by atoms with Crippen molar-refractivity contribution in [3.05, 3.63) is 40.6 Å². The minimum atomic E-state index is -4.68. The third-order valence-corrected chi connectivity index (χ3v) is 4.50. The molecular formula is C20H22ClF3N4O3. The molecule has 1 heterocycles. The number of carbonyl (C=O) groups excluding carboxylic acids is 2. The Hall–Kier alpha value is -2.93. The number of carbonyl (C=O) groups is 2. The van der Waals surface area contributed by atoms with Crippen LogP contribution in [0.15, 0.2) is 30.0 Å². The highest BCUT2D eigenvalue weighted by molar-refractivity contribution is 6.31. The zero-order valence-corrected chi connectivity index (χ0v) is 18.0. The normalized spacial score (nSPS) is 15.4. The quantitative estimate of drug-likeness (QED) is 0.540. The SMILES string of the molecule is CC(C)(C)OC(=O)N1CCN(/C=C(/C#N)C(=O)Nc2ccc(Cl)c(C(F)(F)F)c2)CC1. The minimum Gasteiger partial charge on any atom is -0.444 e. The lowest BCUT2D eigenvalue weighted by Crippen LogP contribution is -2.48. The molecule has 0 radical (unpaired) electrons. The van der Waals surface area contributed by atoms with Crippen LogP contribution in [0.2, 0.25) is 5.02 Å². The zero-order valence-electron chi connectivity index (χ0n) is 17.2.